The second kappa shape index (κ2) is 7.93. The molecular weight excluding hydrogens is 312 g/mol. The van der Waals surface area contributed by atoms with Crippen LogP contribution in [0.3, 0.4) is 0 Å². The highest BCUT2D eigenvalue weighted by molar-refractivity contribution is 7.90. The molecule has 1 aromatic rings. The van der Waals surface area contributed by atoms with Crippen molar-refractivity contribution in [2.75, 3.05) is 5.75 Å². The number of guanidine groups is 1. The quantitative estimate of drug-likeness (QED) is 0.357. The summed E-state index contributed by atoms with van der Waals surface area (Å²) in [6.07, 6.45) is 2.77. The first-order valence-electron chi connectivity index (χ1n) is 6.43. The zero-order valence-electron chi connectivity index (χ0n) is 11.8. The molecule has 0 aliphatic carbocycles. The van der Waals surface area contributed by atoms with E-state index in [9.17, 15) is 8.42 Å². The summed E-state index contributed by atoms with van der Waals surface area (Å²) < 4.78 is 26.0. The Morgan fingerprint density at radius 1 is 1.33 bits per heavy atom. The van der Waals surface area contributed by atoms with Crippen LogP contribution in [0.2, 0.25) is 0 Å². The molecule has 0 aromatic carbocycles. The molecule has 0 radical (unpaired) electrons. The van der Waals surface area contributed by atoms with Crippen molar-refractivity contribution in [1.82, 2.24) is 4.98 Å². The van der Waals surface area contributed by atoms with Crippen LogP contribution >= 0.6 is 11.3 Å². The summed E-state index contributed by atoms with van der Waals surface area (Å²) in [6.45, 7) is 1.53. The number of nitrogens with zero attached hydrogens (tertiary/aromatic N) is 3. The van der Waals surface area contributed by atoms with Gasteiger partial charge in [-0.3, -0.25) is 0 Å². The monoisotopic (exact) mass is 332 g/mol. The molecule has 1 rings (SSSR count). The van der Waals surface area contributed by atoms with Crippen LogP contribution in [0.15, 0.2) is 14.8 Å². The molecule has 0 unspecified atom stereocenters. The summed E-state index contributed by atoms with van der Waals surface area (Å²) in [4.78, 5) is 8.11. The topological polar surface area (TPSA) is 150 Å². The van der Waals surface area contributed by atoms with Crippen LogP contribution in [0.1, 0.15) is 31.9 Å². The lowest BCUT2D eigenvalue weighted by molar-refractivity contribution is 0.599. The molecule has 1 aromatic heterocycles. The van der Waals surface area contributed by atoms with E-state index in [-0.39, 0.29) is 17.5 Å². The molecule has 10 heteroatoms. The molecule has 0 aliphatic heterocycles. The van der Waals surface area contributed by atoms with Crippen LogP contribution in [0.5, 0.6) is 0 Å². The van der Waals surface area contributed by atoms with Gasteiger partial charge in [-0.15, -0.1) is 11.3 Å². The molecule has 0 bridgehead atoms. The zero-order valence-corrected chi connectivity index (χ0v) is 13.5. The zero-order chi connectivity index (χ0) is 15.9. The molecular formula is C11H20N6O2S2. The molecule has 0 amide bonds. The number of aryl methyl sites for hydroxylation is 1. The second-order valence-electron chi connectivity index (χ2n) is 4.32. The third kappa shape index (κ3) is 7.04. The minimum absolute atomic E-state index is 0.0166. The van der Waals surface area contributed by atoms with E-state index in [1.54, 1.807) is 0 Å². The Kier molecular flexibility index (Phi) is 6.56. The van der Waals surface area contributed by atoms with Gasteiger partial charge in [0.2, 0.25) is 5.13 Å². The predicted molar refractivity (Wildman–Crippen MR) is 86.2 cm³/mol. The Morgan fingerprint density at radius 2 is 2.05 bits per heavy atom. The van der Waals surface area contributed by atoms with Crippen molar-refractivity contribution in [1.29, 1.82) is 0 Å². The normalized spacial score (nSPS) is 12.3. The van der Waals surface area contributed by atoms with Gasteiger partial charge in [-0.25, -0.2) is 13.4 Å². The van der Waals surface area contributed by atoms with Gasteiger partial charge in [-0.1, -0.05) is 0 Å². The molecule has 0 atom stereocenters. The van der Waals surface area contributed by atoms with Gasteiger partial charge in [0.1, 0.15) is 5.84 Å². The third-order valence-electron chi connectivity index (χ3n) is 2.50. The summed E-state index contributed by atoms with van der Waals surface area (Å²) >= 11 is 1.37. The molecule has 0 spiro atoms. The van der Waals surface area contributed by atoms with Crippen molar-refractivity contribution in [3.63, 3.8) is 0 Å². The number of hydrogen-bond acceptors (Lipinski definition) is 5. The number of nitrogens with two attached hydrogens (primary N) is 3. The summed E-state index contributed by atoms with van der Waals surface area (Å²) in [7, 11) is -3.40. The minimum Gasteiger partial charge on any atom is -0.386 e. The smallest absolute Gasteiger partial charge is 0.254 e. The predicted octanol–water partition coefficient (Wildman–Crippen LogP) is 0.468. The molecule has 6 N–H and O–H groups in total. The first-order chi connectivity index (χ1) is 9.82. The van der Waals surface area contributed by atoms with Gasteiger partial charge in [-0.2, -0.15) is 9.39 Å². The molecule has 118 valence electrons. The van der Waals surface area contributed by atoms with Crippen LogP contribution in [-0.4, -0.2) is 30.9 Å². The summed E-state index contributed by atoms with van der Waals surface area (Å²) in [6, 6.07) is 0. The Labute approximate surface area is 128 Å². The highest BCUT2D eigenvalue weighted by atomic mass is 32.2. The summed E-state index contributed by atoms with van der Waals surface area (Å²) in [5.41, 5.74) is 17.0. The van der Waals surface area contributed by atoms with Gasteiger partial charge < -0.3 is 17.2 Å². The van der Waals surface area contributed by atoms with Gasteiger partial charge in [0.25, 0.3) is 10.0 Å². The van der Waals surface area contributed by atoms with Gasteiger partial charge >= 0.3 is 0 Å². The minimum atomic E-state index is -3.40. The Morgan fingerprint density at radius 3 is 2.67 bits per heavy atom. The van der Waals surface area contributed by atoms with Gasteiger partial charge in [-0.05, 0) is 26.2 Å². The standard InChI is InChI=1S/C11H20N6O2S2/c1-2-21(18,19)17-9(12)6-4-3-5-8-7-20-11(15-8)16-10(13)14/h7H,2-6H2,1H3,(H2,12,17)(H4,13,14,15,16). The van der Waals surface area contributed by atoms with Crippen molar-refractivity contribution in [2.24, 2.45) is 26.6 Å². The maximum Gasteiger partial charge on any atom is 0.254 e. The van der Waals surface area contributed by atoms with Crippen molar-refractivity contribution in [2.45, 2.75) is 32.6 Å². The van der Waals surface area contributed by atoms with Crippen LogP contribution in [0.25, 0.3) is 0 Å². The van der Waals surface area contributed by atoms with Crippen LogP contribution in [0.4, 0.5) is 5.13 Å². The lowest BCUT2D eigenvalue weighted by atomic mass is 10.1. The number of unbranched alkanes of at least 4 members (excludes halogenated alkanes) is 1. The first kappa shape index (κ1) is 17.4. The molecule has 0 fully saturated rings. The highest BCUT2D eigenvalue weighted by Gasteiger charge is 2.06. The molecule has 0 saturated carbocycles. The fourth-order valence-electron chi connectivity index (χ4n) is 1.47. The number of amidine groups is 1. The van der Waals surface area contributed by atoms with Crippen molar-refractivity contribution < 1.29 is 8.42 Å². The second-order valence-corrected chi connectivity index (χ2v) is 7.08. The van der Waals surface area contributed by atoms with Crippen LogP contribution < -0.4 is 17.2 Å². The van der Waals surface area contributed by atoms with E-state index in [4.69, 9.17) is 17.2 Å². The molecule has 0 aliphatic rings. The van der Waals surface area contributed by atoms with Crippen molar-refractivity contribution in [3.8, 4) is 0 Å². The Hall–Kier alpha value is -1.68. The Balaban J connectivity index is 2.38. The maximum atomic E-state index is 11.2. The number of rotatable bonds is 8. The van der Waals surface area contributed by atoms with E-state index < -0.39 is 10.0 Å². The molecule has 8 nitrogen and oxygen atoms in total. The van der Waals surface area contributed by atoms with E-state index in [2.05, 4.69) is 14.4 Å². The van der Waals surface area contributed by atoms with E-state index in [0.29, 0.717) is 11.6 Å². The van der Waals surface area contributed by atoms with Crippen LogP contribution in [-0.2, 0) is 16.4 Å². The molecule has 0 saturated heterocycles. The molecule has 21 heavy (non-hydrogen) atoms. The molecule has 1 heterocycles. The highest BCUT2D eigenvalue weighted by Crippen LogP contribution is 2.19. The lowest BCUT2D eigenvalue weighted by Gasteiger charge is -2.00. The Bertz CT molecular complexity index is 616. The number of thiazole rings is 1. The lowest BCUT2D eigenvalue weighted by Crippen LogP contribution is -2.21. The van der Waals surface area contributed by atoms with Crippen molar-refractivity contribution >= 4 is 38.3 Å². The fourth-order valence-corrected chi connectivity index (χ4v) is 2.79. The number of hydrogen-bond donors (Lipinski definition) is 3. The van der Waals surface area contributed by atoms with Crippen molar-refractivity contribution in [3.05, 3.63) is 11.1 Å². The van der Waals surface area contributed by atoms with E-state index in [1.165, 1.54) is 18.3 Å². The number of sulfonamides is 1. The number of aromatic nitrogens is 1. The SMILES string of the molecule is CCS(=O)(=O)N=C(N)CCCCc1csc(N=C(N)N)n1. The first-order valence-corrected chi connectivity index (χ1v) is 8.92. The third-order valence-corrected chi connectivity index (χ3v) is 4.53. The number of aliphatic imine (C=N–C) groups is 1. The average Bonchev–Trinajstić information content (AvgIpc) is 2.81. The summed E-state index contributed by atoms with van der Waals surface area (Å²) in [5, 5.41) is 2.42. The average molecular weight is 332 g/mol. The fraction of sp³-hybridized carbons (Fsp3) is 0.545. The largest absolute Gasteiger partial charge is 0.386 e. The van der Waals surface area contributed by atoms with Gasteiger partial charge in [0.15, 0.2) is 5.96 Å². The van der Waals surface area contributed by atoms with E-state index in [1.807, 2.05) is 5.38 Å². The van der Waals surface area contributed by atoms with Crippen LogP contribution in [0, 0.1) is 0 Å². The van der Waals surface area contributed by atoms with Gasteiger partial charge in [0.05, 0.1) is 11.4 Å². The van der Waals surface area contributed by atoms with Gasteiger partial charge in [0, 0.05) is 11.8 Å². The van der Waals surface area contributed by atoms with E-state index >= 15 is 0 Å². The summed E-state index contributed by atoms with van der Waals surface area (Å²) in [5.74, 6) is 0.0911. The van der Waals surface area contributed by atoms with E-state index in [0.717, 1.165) is 25.0 Å². The maximum absolute atomic E-state index is 11.2.